The molecular weight excluding hydrogens is 244 g/mol. The summed E-state index contributed by atoms with van der Waals surface area (Å²) in [5.41, 5.74) is 1.64. The zero-order chi connectivity index (χ0) is 14.4. The van der Waals surface area contributed by atoms with Gasteiger partial charge in [-0.05, 0) is 24.5 Å². The number of carbonyl (C=O) groups excluding carboxylic acids is 1. The van der Waals surface area contributed by atoms with Gasteiger partial charge in [-0.15, -0.1) is 0 Å². The minimum absolute atomic E-state index is 0.210. The molecule has 0 fully saturated rings. The lowest BCUT2D eigenvalue weighted by Gasteiger charge is -2.23. The molecule has 2 amide bonds. The van der Waals surface area contributed by atoms with E-state index in [0.29, 0.717) is 12.2 Å². The van der Waals surface area contributed by atoms with Gasteiger partial charge in [-0.2, -0.15) is 0 Å². The van der Waals surface area contributed by atoms with Crippen molar-refractivity contribution in [2.75, 3.05) is 18.4 Å². The number of carbonyl (C=O) groups is 2. The Morgan fingerprint density at radius 1 is 1.32 bits per heavy atom. The molecule has 0 atom stereocenters. The first-order valence-electron chi connectivity index (χ1n) is 6.23. The van der Waals surface area contributed by atoms with Crippen LogP contribution in [0.5, 0.6) is 0 Å². The van der Waals surface area contributed by atoms with E-state index in [1.807, 2.05) is 39.0 Å². The van der Waals surface area contributed by atoms with Crippen LogP contribution in [0, 0.1) is 12.8 Å². The average molecular weight is 264 g/mol. The fourth-order valence-electron chi connectivity index (χ4n) is 1.73. The Labute approximate surface area is 113 Å². The van der Waals surface area contributed by atoms with E-state index in [-0.39, 0.29) is 18.5 Å². The lowest BCUT2D eigenvalue weighted by atomic mass is 10.2. The molecule has 0 bridgehead atoms. The van der Waals surface area contributed by atoms with Crippen LogP contribution in [0.3, 0.4) is 0 Å². The van der Waals surface area contributed by atoms with Crippen molar-refractivity contribution in [3.05, 3.63) is 29.8 Å². The highest BCUT2D eigenvalue weighted by Crippen LogP contribution is 2.14. The Kier molecular flexibility index (Phi) is 5.36. The third-order valence-electron chi connectivity index (χ3n) is 2.59. The third kappa shape index (κ3) is 4.99. The summed E-state index contributed by atoms with van der Waals surface area (Å²) in [5, 5.41) is 11.6. The summed E-state index contributed by atoms with van der Waals surface area (Å²) in [6, 6.07) is 7.01. The molecule has 2 N–H and O–H groups in total. The molecule has 0 heterocycles. The molecule has 0 unspecified atom stereocenters. The van der Waals surface area contributed by atoms with Crippen LogP contribution >= 0.6 is 0 Å². The molecule has 5 heteroatoms. The Bertz CT molecular complexity index is 458. The normalized spacial score (nSPS) is 10.3. The number of aliphatic carboxylic acids is 1. The van der Waals surface area contributed by atoms with E-state index < -0.39 is 5.97 Å². The van der Waals surface area contributed by atoms with Gasteiger partial charge in [0, 0.05) is 12.2 Å². The van der Waals surface area contributed by atoms with Gasteiger partial charge >= 0.3 is 12.0 Å². The molecule has 0 saturated carbocycles. The zero-order valence-corrected chi connectivity index (χ0v) is 11.5. The second-order valence-corrected chi connectivity index (χ2v) is 4.91. The molecule has 0 aliphatic carbocycles. The molecular formula is C14H20N2O3. The number of nitrogens with one attached hydrogen (secondary N) is 1. The van der Waals surface area contributed by atoms with Gasteiger partial charge in [0.1, 0.15) is 6.54 Å². The van der Waals surface area contributed by atoms with Crippen LogP contribution in [0.1, 0.15) is 19.4 Å². The summed E-state index contributed by atoms with van der Waals surface area (Å²) in [6.07, 6.45) is 0. The van der Waals surface area contributed by atoms with Crippen LogP contribution in [-0.4, -0.2) is 35.1 Å². The first-order chi connectivity index (χ1) is 8.90. The van der Waals surface area contributed by atoms with Gasteiger partial charge in [-0.25, -0.2) is 4.79 Å². The maximum Gasteiger partial charge on any atom is 0.323 e. The van der Waals surface area contributed by atoms with Crippen molar-refractivity contribution in [1.82, 2.24) is 4.90 Å². The largest absolute Gasteiger partial charge is 0.480 e. The topological polar surface area (TPSA) is 69.6 Å². The summed E-state index contributed by atoms with van der Waals surface area (Å²) in [6.45, 7) is 5.88. The standard InChI is InChI=1S/C14H20N2O3/c1-10(2)8-16(9-13(17)18)14(19)15-12-7-5-4-6-11(12)3/h4-7,10H,8-9H2,1-3H3,(H,15,19)(H,17,18). The first kappa shape index (κ1) is 15.0. The van der Waals surface area contributed by atoms with Crippen molar-refractivity contribution in [3.63, 3.8) is 0 Å². The van der Waals surface area contributed by atoms with E-state index in [2.05, 4.69) is 5.32 Å². The van der Waals surface area contributed by atoms with Crippen molar-refractivity contribution < 1.29 is 14.7 Å². The van der Waals surface area contributed by atoms with E-state index in [0.717, 1.165) is 5.56 Å². The van der Waals surface area contributed by atoms with Crippen molar-refractivity contribution in [2.45, 2.75) is 20.8 Å². The minimum Gasteiger partial charge on any atom is -0.480 e. The summed E-state index contributed by atoms with van der Waals surface area (Å²) in [7, 11) is 0. The summed E-state index contributed by atoms with van der Waals surface area (Å²) in [5.74, 6) is -0.803. The quantitative estimate of drug-likeness (QED) is 0.858. The molecule has 1 aromatic carbocycles. The highest BCUT2D eigenvalue weighted by molar-refractivity contribution is 5.92. The number of carboxylic acid groups (broad SMARTS) is 1. The van der Waals surface area contributed by atoms with E-state index in [1.165, 1.54) is 4.90 Å². The van der Waals surface area contributed by atoms with Crippen LogP contribution < -0.4 is 5.32 Å². The SMILES string of the molecule is Cc1ccccc1NC(=O)N(CC(=O)O)CC(C)C. The second-order valence-electron chi connectivity index (χ2n) is 4.91. The number of hydrogen-bond acceptors (Lipinski definition) is 2. The van der Waals surface area contributed by atoms with Gasteiger partial charge in [0.25, 0.3) is 0 Å². The number of amides is 2. The minimum atomic E-state index is -1.01. The number of rotatable bonds is 5. The number of para-hydroxylation sites is 1. The molecule has 0 radical (unpaired) electrons. The average Bonchev–Trinajstić information content (AvgIpc) is 2.30. The van der Waals surface area contributed by atoms with Crippen molar-refractivity contribution >= 4 is 17.7 Å². The molecule has 1 aromatic rings. The maximum atomic E-state index is 12.1. The Morgan fingerprint density at radius 2 is 1.95 bits per heavy atom. The molecule has 0 spiro atoms. The van der Waals surface area contributed by atoms with E-state index >= 15 is 0 Å². The zero-order valence-electron chi connectivity index (χ0n) is 11.5. The summed E-state index contributed by atoms with van der Waals surface area (Å²) < 4.78 is 0. The number of anilines is 1. The van der Waals surface area contributed by atoms with Crippen LogP contribution in [0.15, 0.2) is 24.3 Å². The molecule has 0 aliphatic heterocycles. The number of hydrogen-bond donors (Lipinski definition) is 2. The Hall–Kier alpha value is -2.04. The highest BCUT2D eigenvalue weighted by Gasteiger charge is 2.18. The Morgan fingerprint density at radius 3 is 2.47 bits per heavy atom. The van der Waals surface area contributed by atoms with E-state index in [9.17, 15) is 9.59 Å². The second kappa shape index (κ2) is 6.78. The van der Waals surface area contributed by atoms with Crippen molar-refractivity contribution in [1.29, 1.82) is 0 Å². The molecule has 1 rings (SSSR count). The lowest BCUT2D eigenvalue weighted by molar-refractivity contribution is -0.137. The van der Waals surface area contributed by atoms with Gasteiger partial charge in [-0.1, -0.05) is 32.0 Å². The molecule has 0 aromatic heterocycles. The molecule has 0 aliphatic rings. The number of carboxylic acids is 1. The maximum absolute atomic E-state index is 12.1. The molecule has 0 saturated heterocycles. The Balaban J connectivity index is 2.76. The highest BCUT2D eigenvalue weighted by atomic mass is 16.4. The molecule has 19 heavy (non-hydrogen) atoms. The van der Waals surface area contributed by atoms with E-state index in [4.69, 9.17) is 5.11 Å². The third-order valence-corrected chi connectivity index (χ3v) is 2.59. The fraction of sp³-hybridized carbons (Fsp3) is 0.429. The van der Waals surface area contributed by atoms with Gasteiger partial charge in [0.05, 0.1) is 0 Å². The van der Waals surface area contributed by atoms with Crippen molar-refractivity contribution in [2.24, 2.45) is 5.92 Å². The van der Waals surface area contributed by atoms with Gasteiger partial charge in [-0.3, -0.25) is 4.79 Å². The first-order valence-corrected chi connectivity index (χ1v) is 6.23. The summed E-state index contributed by atoms with van der Waals surface area (Å²) in [4.78, 5) is 24.2. The van der Waals surface area contributed by atoms with Gasteiger partial charge < -0.3 is 15.3 Å². The molecule has 5 nitrogen and oxygen atoms in total. The summed E-state index contributed by atoms with van der Waals surface area (Å²) >= 11 is 0. The van der Waals surface area contributed by atoms with Crippen LogP contribution in [0.2, 0.25) is 0 Å². The number of aryl methyl sites for hydroxylation is 1. The number of benzene rings is 1. The van der Waals surface area contributed by atoms with Gasteiger partial charge in [0.15, 0.2) is 0 Å². The predicted molar refractivity (Wildman–Crippen MR) is 74.2 cm³/mol. The van der Waals surface area contributed by atoms with Gasteiger partial charge in [0.2, 0.25) is 0 Å². The van der Waals surface area contributed by atoms with Crippen LogP contribution in [0.25, 0.3) is 0 Å². The molecule has 104 valence electrons. The smallest absolute Gasteiger partial charge is 0.323 e. The van der Waals surface area contributed by atoms with E-state index in [1.54, 1.807) is 6.07 Å². The monoisotopic (exact) mass is 264 g/mol. The number of nitrogens with zero attached hydrogens (tertiary/aromatic N) is 1. The number of urea groups is 1. The van der Waals surface area contributed by atoms with Crippen LogP contribution in [-0.2, 0) is 4.79 Å². The predicted octanol–water partition coefficient (Wildman–Crippen LogP) is 2.57. The van der Waals surface area contributed by atoms with Crippen LogP contribution in [0.4, 0.5) is 10.5 Å². The van der Waals surface area contributed by atoms with Crippen molar-refractivity contribution in [3.8, 4) is 0 Å². The fourth-order valence-corrected chi connectivity index (χ4v) is 1.73. The lowest BCUT2D eigenvalue weighted by Crippen LogP contribution is -2.41.